The molecule has 4 heteroatoms. The molecule has 1 nitrogen and oxygen atoms in total. The Balaban J connectivity index is 2.41. The van der Waals surface area contributed by atoms with Gasteiger partial charge >= 0.3 is 0 Å². The number of likely N-dealkylation sites (N-methyl/N-ethyl adjacent to an activating group) is 1. The summed E-state index contributed by atoms with van der Waals surface area (Å²) in [6.45, 7) is 4.51. The zero-order chi connectivity index (χ0) is 14.0. The number of halogens is 2. The summed E-state index contributed by atoms with van der Waals surface area (Å²) in [6.07, 6.45) is 0. The molecule has 0 aliphatic heterocycles. The molecule has 1 heterocycles. The Morgan fingerprint density at radius 1 is 1.26 bits per heavy atom. The fourth-order valence-electron chi connectivity index (χ4n) is 2.40. The first-order valence-corrected chi connectivity index (χ1v) is 8.13. The molecule has 2 rings (SSSR count). The quantitative estimate of drug-likeness (QED) is 0.771. The average molecular weight is 359 g/mol. The summed E-state index contributed by atoms with van der Waals surface area (Å²) in [7, 11) is 2.00. The number of benzene rings is 1. The van der Waals surface area contributed by atoms with E-state index in [2.05, 4.69) is 65.4 Å². The molecule has 0 bridgehead atoms. The van der Waals surface area contributed by atoms with Gasteiger partial charge < -0.3 is 5.32 Å². The van der Waals surface area contributed by atoms with Gasteiger partial charge in [-0.05, 0) is 34.6 Å². The fraction of sp³-hybridized carbons (Fsp3) is 0.333. The van der Waals surface area contributed by atoms with Crippen molar-refractivity contribution in [3.05, 3.63) is 55.6 Å². The van der Waals surface area contributed by atoms with Crippen LogP contribution in [-0.4, -0.2) is 7.05 Å². The predicted molar refractivity (Wildman–Crippen MR) is 88.3 cm³/mol. The van der Waals surface area contributed by atoms with E-state index in [1.165, 1.54) is 10.4 Å². The lowest BCUT2D eigenvalue weighted by molar-refractivity contribution is 0.373. The van der Waals surface area contributed by atoms with Crippen LogP contribution in [0.2, 0.25) is 4.34 Å². The Labute approximate surface area is 132 Å². The Bertz CT molecular complexity index is 531. The first kappa shape index (κ1) is 15.0. The summed E-state index contributed by atoms with van der Waals surface area (Å²) in [5.41, 5.74) is 1.30. The van der Waals surface area contributed by atoms with Gasteiger partial charge in [0.25, 0.3) is 0 Å². The van der Waals surface area contributed by atoms with Crippen molar-refractivity contribution < 1.29 is 0 Å². The van der Waals surface area contributed by atoms with Crippen LogP contribution in [0, 0.1) is 0 Å². The normalized spacial score (nSPS) is 13.5. The van der Waals surface area contributed by atoms with Crippen molar-refractivity contribution in [3.63, 3.8) is 0 Å². The van der Waals surface area contributed by atoms with Crippen LogP contribution in [0.3, 0.4) is 0 Å². The van der Waals surface area contributed by atoms with Crippen molar-refractivity contribution in [1.82, 2.24) is 5.32 Å². The van der Waals surface area contributed by atoms with Crippen molar-refractivity contribution in [2.75, 3.05) is 7.05 Å². The predicted octanol–water partition coefficient (Wildman–Crippen LogP) is 5.40. The van der Waals surface area contributed by atoms with Crippen LogP contribution in [0.4, 0.5) is 0 Å². The van der Waals surface area contributed by atoms with Gasteiger partial charge in [-0.1, -0.05) is 55.8 Å². The second-order valence-corrected chi connectivity index (χ2v) is 7.62. The molecule has 19 heavy (non-hydrogen) atoms. The number of hydrogen-bond donors (Lipinski definition) is 1. The number of nitrogens with one attached hydrogen (secondary N) is 1. The van der Waals surface area contributed by atoms with E-state index in [1.54, 1.807) is 11.3 Å². The minimum atomic E-state index is -0.0103. The highest BCUT2D eigenvalue weighted by molar-refractivity contribution is 9.10. The summed E-state index contributed by atoms with van der Waals surface area (Å²) >= 11 is 11.3. The van der Waals surface area contributed by atoms with E-state index in [0.717, 1.165) is 8.81 Å². The van der Waals surface area contributed by atoms with Gasteiger partial charge in [0, 0.05) is 14.8 Å². The van der Waals surface area contributed by atoms with Crippen LogP contribution in [0.1, 0.15) is 30.3 Å². The van der Waals surface area contributed by atoms with Crippen molar-refractivity contribution in [2.24, 2.45) is 0 Å². The second kappa shape index (κ2) is 5.96. The third-order valence-electron chi connectivity index (χ3n) is 3.48. The molecule has 1 N–H and O–H groups in total. The fourth-order valence-corrected chi connectivity index (χ4v) is 4.43. The second-order valence-electron chi connectivity index (χ2n) is 5.08. The number of hydrogen-bond acceptors (Lipinski definition) is 2. The molecule has 0 aliphatic rings. The monoisotopic (exact) mass is 357 g/mol. The molecule has 0 spiro atoms. The van der Waals surface area contributed by atoms with Crippen LogP contribution in [0.5, 0.6) is 0 Å². The van der Waals surface area contributed by atoms with Crippen LogP contribution in [-0.2, 0) is 5.41 Å². The largest absolute Gasteiger partial charge is 0.312 e. The third-order valence-corrected chi connectivity index (χ3v) is 6.02. The van der Waals surface area contributed by atoms with E-state index < -0.39 is 0 Å². The standard InChI is InChI=1S/C15H17BrClNS/c1-15(2,10-7-5-4-6-8-10)13(18-3)12-9-11(16)14(17)19-12/h4-9,13,18H,1-3H3. The van der Waals surface area contributed by atoms with E-state index in [-0.39, 0.29) is 11.5 Å². The van der Waals surface area contributed by atoms with Crippen LogP contribution in [0.25, 0.3) is 0 Å². The van der Waals surface area contributed by atoms with Crippen molar-refractivity contribution in [3.8, 4) is 0 Å². The van der Waals surface area contributed by atoms with Gasteiger partial charge in [0.05, 0.1) is 6.04 Å². The van der Waals surface area contributed by atoms with E-state index in [1.807, 2.05) is 13.1 Å². The minimum absolute atomic E-state index is 0.0103. The molecule has 0 saturated heterocycles. The third kappa shape index (κ3) is 3.05. The zero-order valence-corrected chi connectivity index (χ0v) is 14.4. The van der Waals surface area contributed by atoms with Crippen LogP contribution >= 0.6 is 38.9 Å². The molecule has 0 amide bonds. The van der Waals surface area contributed by atoms with Gasteiger partial charge in [0.1, 0.15) is 4.34 Å². The summed E-state index contributed by atoms with van der Waals surface area (Å²) in [5.74, 6) is 0. The molecule has 0 radical (unpaired) electrons. The lowest BCUT2D eigenvalue weighted by atomic mass is 9.77. The number of thiophene rings is 1. The lowest BCUT2D eigenvalue weighted by Crippen LogP contribution is -2.35. The van der Waals surface area contributed by atoms with Crippen molar-refractivity contribution >= 4 is 38.9 Å². The molecular formula is C15H17BrClNS. The molecule has 0 aliphatic carbocycles. The SMILES string of the molecule is CNC(c1cc(Br)c(Cl)s1)C(C)(C)c1ccccc1. The van der Waals surface area contributed by atoms with E-state index in [4.69, 9.17) is 11.6 Å². The molecule has 1 aromatic carbocycles. The van der Waals surface area contributed by atoms with Crippen molar-refractivity contribution in [1.29, 1.82) is 0 Å². The first-order chi connectivity index (χ1) is 8.96. The molecular weight excluding hydrogens is 342 g/mol. The maximum Gasteiger partial charge on any atom is 0.107 e. The lowest BCUT2D eigenvalue weighted by Gasteiger charge is -2.34. The first-order valence-electron chi connectivity index (χ1n) is 6.14. The Hall–Kier alpha value is -0.350. The van der Waals surface area contributed by atoms with Gasteiger partial charge in [-0.15, -0.1) is 11.3 Å². The van der Waals surface area contributed by atoms with Gasteiger partial charge in [-0.3, -0.25) is 0 Å². The van der Waals surface area contributed by atoms with Gasteiger partial charge in [-0.25, -0.2) is 0 Å². The molecule has 0 saturated carbocycles. The summed E-state index contributed by atoms with van der Waals surface area (Å²) in [4.78, 5) is 1.24. The molecule has 0 fully saturated rings. The topological polar surface area (TPSA) is 12.0 Å². The number of rotatable bonds is 4. The summed E-state index contributed by atoms with van der Waals surface area (Å²) < 4.78 is 1.78. The Kier molecular flexibility index (Phi) is 4.72. The Morgan fingerprint density at radius 3 is 2.37 bits per heavy atom. The average Bonchev–Trinajstić information content (AvgIpc) is 2.71. The molecule has 1 aromatic heterocycles. The van der Waals surface area contributed by atoms with E-state index in [9.17, 15) is 0 Å². The molecule has 102 valence electrons. The van der Waals surface area contributed by atoms with E-state index >= 15 is 0 Å². The van der Waals surface area contributed by atoms with E-state index in [0.29, 0.717) is 0 Å². The molecule has 1 atom stereocenters. The van der Waals surface area contributed by atoms with Gasteiger partial charge in [0.15, 0.2) is 0 Å². The van der Waals surface area contributed by atoms with Crippen molar-refractivity contribution in [2.45, 2.75) is 25.3 Å². The zero-order valence-electron chi connectivity index (χ0n) is 11.2. The summed E-state index contributed by atoms with van der Waals surface area (Å²) in [5, 5.41) is 3.43. The smallest absolute Gasteiger partial charge is 0.107 e. The van der Waals surface area contributed by atoms with Gasteiger partial charge in [-0.2, -0.15) is 0 Å². The molecule has 2 aromatic rings. The highest BCUT2D eigenvalue weighted by atomic mass is 79.9. The minimum Gasteiger partial charge on any atom is -0.312 e. The van der Waals surface area contributed by atoms with Crippen LogP contribution in [0.15, 0.2) is 40.9 Å². The maximum atomic E-state index is 6.17. The molecule has 1 unspecified atom stereocenters. The highest BCUT2D eigenvalue weighted by Gasteiger charge is 2.32. The summed E-state index contributed by atoms with van der Waals surface area (Å²) in [6, 6.07) is 12.9. The highest BCUT2D eigenvalue weighted by Crippen LogP contribution is 2.42. The maximum absolute atomic E-state index is 6.17. The van der Waals surface area contributed by atoms with Crippen LogP contribution < -0.4 is 5.32 Å². The Morgan fingerprint density at radius 2 is 1.89 bits per heavy atom. The van der Waals surface area contributed by atoms with Gasteiger partial charge in [0.2, 0.25) is 0 Å².